The molecule has 3 rings (SSSR count). The number of methoxy groups -OCH3 is 3. The first-order valence-electron chi connectivity index (χ1n) is 7.82. The van der Waals surface area contributed by atoms with Crippen LogP contribution in [0.3, 0.4) is 0 Å². The van der Waals surface area contributed by atoms with Crippen molar-refractivity contribution in [2.24, 2.45) is 0 Å². The Bertz CT molecular complexity index is 945. The van der Waals surface area contributed by atoms with Crippen LogP contribution in [-0.4, -0.2) is 31.6 Å². The Hall–Kier alpha value is -2.22. The van der Waals surface area contributed by atoms with E-state index >= 15 is 0 Å². The number of thiocarbonyl (C=S) groups is 1. The highest BCUT2D eigenvalue weighted by Gasteiger charge is 2.33. The van der Waals surface area contributed by atoms with E-state index in [9.17, 15) is 4.79 Å². The zero-order valence-electron chi connectivity index (χ0n) is 14.8. The van der Waals surface area contributed by atoms with Gasteiger partial charge in [-0.2, -0.15) is 0 Å². The van der Waals surface area contributed by atoms with Gasteiger partial charge in [-0.1, -0.05) is 35.6 Å². The third kappa shape index (κ3) is 3.90. The molecule has 0 atom stereocenters. The van der Waals surface area contributed by atoms with Gasteiger partial charge in [-0.25, -0.2) is 0 Å². The summed E-state index contributed by atoms with van der Waals surface area (Å²) in [7, 11) is 4.69. The molecule has 5 nitrogen and oxygen atoms in total. The fourth-order valence-electron chi connectivity index (χ4n) is 2.58. The number of benzene rings is 2. The van der Waals surface area contributed by atoms with Crippen LogP contribution in [0.2, 0.25) is 5.02 Å². The summed E-state index contributed by atoms with van der Waals surface area (Å²) in [6.45, 7) is 0. The van der Waals surface area contributed by atoms with Gasteiger partial charge in [0, 0.05) is 5.56 Å². The third-order valence-corrected chi connectivity index (χ3v) is 5.51. The van der Waals surface area contributed by atoms with Gasteiger partial charge in [0.15, 0.2) is 4.32 Å². The van der Waals surface area contributed by atoms with E-state index in [1.165, 1.54) is 23.8 Å². The standard InChI is InChI=1S/C19H16ClNO4S2/c1-23-13-5-7-15(24-2)11(8-13)9-17-18(22)21(19(26)27-17)12-4-6-16(25-3)14(20)10-12/h4-10H,1-3H3/b17-9+. The van der Waals surface area contributed by atoms with Crippen LogP contribution in [0.15, 0.2) is 41.3 Å². The third-order valence-electron chi connectivity index (χ3n) is 3.91. The number of anilines is 1. The Morgan fingerprint density at radius 1 is 1.04 bits per heavy atom. The van der Waals surface area contributed by atoms with Crippen molar-refractivity contribution in [3.63, 3.8) is 0 Å². The fraction of sp³-hybridized carbons (Fsp3) is 0.158. The van der Waals surface area contributed by atoms with Crippen LogP contribution < -0.4 is 19.1 Å². The number of thioether (sulfide) groups is 1. The summed E-state index contributed by atoms with van der Waals surface area (Å²) in [4.78, 5) is 14.9. The van der Waals surface area contributed by atoms with E-state index in [-0.39, 0.29) is 5.91 Å². The van der Waals surface area contributed by atoms with Crippen LogP contribution in [0.4, 0.5) is 5.69 Å². The zero-order chi connectivity index (χ0) is 19.6. The topological polar surface area (TPSA) is 48.0 Å². The van der Waals surface area contributed by atoms with Crippen LogP contribution in [0.25, 0.3) is 6.08 Å². The van der Waals surface area contributed by atoms with E-state index in [0.29, 0.717) is 37.2 Å². The maximum atomic E-state index is 12.9. The number of carbonyl (C=O) groups excluding carboxylic acids is 1. The maximum absolute atomic E-state index is 12.9. The number of nitrogens with zero attached hydrogens (tertiary/aromatic N) is 1. The van der Waals surface area contributed by atoms with Crippen molar-refractivity contribution in [1.82, 2.24) is 0 Å². The van der Waals surface area contributed by atoms with Crippen molar-refractivity contribution < 1.29 is 19.0 Å². The smallest absolute Gasteiger partial charge is 0.270 e. The van der Waals surface area contributed by atoms with Gasteiger partial charge < -0.3 is 14.2 Å². The lowest BCUT2D eigenvalue weighted by Gasteiger charge is -2.15. The van der Waals surface area contributed by atoms with Crippen LogP contribution in [0.5, 0.6) is 17.2 Å². The highest BCUT2D eigenvalue weighted by molar-refractivity contribution is 8.27. The molecule has 0 aliphatic carbocycles. The van der Waals surface area contributed by atoms with Crippen LogP contribution in [0.1, 0.15) is 5.56 Å². The number of halogens is 1. The van der Waals surface area contributed by atoms with Crippen LogP contribution in [-0.2, 0) is 4.79 Å². The summed E-state index contributed by atoms with van der Waals surface area (Å²) in [5.41, 5.74) is 1.31. The largest absolute Gasteiger partial charge is 0.497 e. The molecule has 0 N–H and O–H groups in total. The first kappa shape index (κ1) is 19.5. The Morgan fingerprint density at radius 3 is 2.37 bits per heavy atom. The van der Waals surface area contributed by atoms with E-state index in [2.05, 4.69) is 0 Å². The van der Waals surface area contributed by atoms with E-state index in [1.54, 1.807) is 56.7 Å². The summed E-state index contributed by atoms with van der Waals surface area (Å²) in [6.07, 6.45) is 1.74. The molecule has 0 radical (unpaired) electrons. The quantitative estimate of drug-likeness (QED) is 0.512. The van der Waals surface area contributed by atoms with Crippen molar-refractivity contribution in [2.45, 2.75) is 0 Å². The first-order valence-corrected chi connectivity index (χ1v) is 9.42. The number of hydrogen-bond acceptors (Lipinski definition) is 6. The predicted octanol–water partition coefficient (Wildman–Crippen LogP) is 4.77. The van der Waals surface area contributed by atoms with Gasteiger partial charge in [-0.15, -0.1) is 0 Å². The minimum atomic E-state index is -0.226. The zero-order valence-corrected chi connectivity index (χ0v) is 17.2. The molecule has 27 heavy (non-hydrogen) atoms. The minimum absolute atomic E-state index is 0.226. The molecule has 1 heterocycles. The van der Waals surface area contributed by atoms with Gasteiger partial charge in [0.1, 0.15) is 17.2 Å². The number of hydrogen-bond donors (Lipinski definition) is 0. The van der Waals surface area contributed by atoms with E-state index in [0.717, 1.165) is 5.56 Å². The molecule has 0 spiro atoms. The molecule has 1 saturated heterocycles. The Kier molecular flexibility index (Phi) is 5.94. The van der Waals surface area contributed by atoms with Crippen LogP contribution >= 0.6 is 35.6 Å². The lowest BCUT2D eigenvalue weighted by molar-refractivity contribution is -0.113. The molecule has 0 unspecified atom stereocenters. The highest BCUT2D eigenvalue weighted by atomic mass is 35.5. The van der Waals surface area contributed by atoms with Crippen molar-refractivity contribution in [1.29, 1.82) is 0 Å². The summed E-state index contributed by atoms with van der Waals surface area (Å²) < 4.78 is 16.2. The Morgan fingerprint density at radius 2 is 1.74 bits per heavy atom. The normalized spacial score (nSPS) is 15.4. The van der Waals surface area contributed by atoms with E-state index in [1.807, 2.05) is 0 Å². The van der Waals surface area contributed by atoms with Crippen LogP contribution in [0, 0.1) is 0 Å². The molecule has 1 fully saturated rings. The maximum Gasteiger partial charge on any atom is 0.270 e. The van der Waals surface area contributed by atoms with E-state index < -0.39 is 0 Å². The van der Waals surface area contributed by atoms with Gasteiger partial charge in [0.05, 0.1) is 36.9 Å². The summed E-state index contributed by atoms with van der Waals surface area (Å²) in [5.74, 6) is 1.60. The molecular weight excluding hydrogens is 406 g/mol. The average molecular weight is 422 g/mol. The molecule has 140 valence electrons. The van der Waals surface area contributed by atoms with Crippen molar-refractivity contribution in [2.75, 3.05) is 26.2 Å². The van der Waals surface area contributed by atoms with Gasteiger partial charge in [-0.05, 0) is 42.5 Å². The van der Waals surface area contributed by atoms with Gasteiger partial charge in [0.25, 0.3) is 5.91 Å². The molecule has 0 aromatic heterocycles. The van der Waals surface area contributed by atoms with Gasteiger partial charge in [0.2, 0.25) is 0 Å². The molecule has 8 heteroatoms. The number of rotatable bonds is 5. The van der Waals surface area contributed by atoms with Gasteiger partial charge in [-0.3, -0.25) is 9.69 Å². The summed E-state index contributed by atoms with van der Waals surface area (Å²) in [5, 5.41) is 0.405. The minimum Gasteiger partial charge on any atom is -0.497 e. The number of ether oxygens (including phenoxy) is 3. The lowest BCUT2D eigenvalue weighted by atomic mass is 10.1. The highest BCUT2D eigenvalue weighted by Crippen LogP contribution is 2.39. The molecule has 0 saturated carbocycles. The Labute approximate surface area is 171 Å². The molecular formula is C19H16ClNO4S2. The molecule has 2 aromatic carbocycles. The molecule has 1 aliphatic heterocycles. The lowest BCUT2D eigenvalue weighted by Crippen LogP contribution is -2.27. The number of amides is 1. The van der Waals surface area contributed by atoms with Crippen molar-refractivity contribution in [3.05, 3.63) is 51.9 Å². The molecule has 0 bridgehead atoms. The first-order chi connectivity index (χ1) is 13.0. The van der Waals surface area contributed by atoms with Gasteiger partial charge >= 0.3 is 0 Å². The predicted molar refractivity (Wildman–Crippen MR) is 113 cm³/mol. The molecule has 2 aromatic rings. The fourth-order valence-corrected chi connectivity index (χ4v) is 4.12. The monoisotopic (exact) mass is 421 g/mol. The average Bonchev–Trinajstić information content (AvgIpc) is 2.94. The van der Waals surface area contributed by atoms with E-state index in [4.69, 9.17) is 38.0 Å². The summed E-state index contributed by atoms with van der Waals surface area (Å²) in [6, 6.07) is 10.5. The summed E-state index contributed by atoms with van der Waals surface area (Å²) >= 11 is 12.8. The second-order valence-corrected chi connectivity index (χ2v) is 7.53. The van der Waals surface area contributed by atoms with Crippen molar-refractivity contribution >= 4 is 57.6 Å². The number of carbonyl (C=O) groups is 1. The van der Waals surface area contributed by atoms with Crippen molar-refractivity contribution in [3.8, 4) is 17.2 Å². The second kappa shape index (κ2) is 8.21. The molecule has 1 amide bonds. The SMILES string of the molecule is COc1ccc(OC)c(/C=C2/SC(=S)N(c3ccc(OC)c(Cl)c3)C2=O)c1. The Balaban J connectivity index is 1.97. The second-order valence-electron chi connectivity index (χ2n) is 5.44. The molecule has 1 aliphatic rings.